The van der Waals surface area contributed by atoms with Gasteiger partial charge >= 0.3 is 0 Å². The zero-order valence-corrected chi connectivity index (χ0v) is 19.1. The van der Waals surface area contributed by atoms with Gasteiger partial charge in [0.1, 0.15) is 0 Å². The normalized spacial score (nSPS) is 15.5. The number of benzene rings is 1. The Morgan fingerprint density at radius 3 is 2.30 bits per heavy atom. The van der Waals surface area contributed by atoms with Crippen LogP contribution in [0.1, 0.15) is 75.3 Å². The lowest BCUT2D eigenvalue weighted by Gasteiger charge is -2.25. The molecule has 1 heteroatoms. The van der Waals surface area contributed by atoms with Crippen LogP contribution in [0.3, 0.4) is 0 Å². The van der Waals surface area contributed by atoms with Crippen LogP contribution in [0.2, 0.25) is 0 Å². The largest absolute Gasteiger partial charge is 0.303 e. The zero-order valence-electron chi connectivity index (χ0n) is 19.1. The molecule has 0 bridgehead atoms. The van der Waals surface area contributed by atoms with Crippen molar-refractivity contribution in [1.82, 2.24) is 4.90 Å². The summed E-state index contributed by atoms with van der Waals surface area (Å²) in [6.07, 6.45) is 9.04. The first-order chi connectivity index (χ1) is 12.6. The average molecular weight is 368 g/mol. The third-order valence-corrected chi connectivity index (χ3v) is 6.00. The maximum absolute atomic E-state index is 3.63. The summed E-state index contributed by atoms with van der Waals surface area (Å²) < 4.78 is 0. The molecule has 1 unspecified atom stereocenters. The van der Waals surface area contributed by atoms with E-state index in [2.05, 4.69) is 79.6 Å². The summed E-state index contributed by atoms with van der Waals surface area (Å²) in [6.45, 7) is 24.4. The summed E-state index contributed by atoms with van der Waals surface area (Å²) in [4.78, 5) is 2.48. The monoisotopic (exact) mass is 367 g/mol. The highest BCUT2D eigenvalue weighted by Gasteiger charge is 2.43. The number of rotatable bonds is 8. The minimum Gasteiger partial charge on any atom is -0.303 e. The molecule has 1 aromatic rings. The van der Waals surface area contributed by atoms with Gasteiger partial charge in [0.05, 0.1) is 0 Å². The van der Waals surface area contributed by atoms with Crippen LogP contribution in [-0.2, 0) is 11.8 Å². The Balaban J connectivity index is 0.000000387. The molecular formula is C26H41N. The number of likely N-dealkylation sites (N-methyl/N-ethyl adjacent to an activating group) is 1. The van der Waals surface area contributed by atoms with E-state index >= 15 is 0 Å². The molecule has 0 aromatic heterocycles. The fraction of sp³-hybridized carbons (Fsp3) is 0.538. The standard InChI is InChI=1S/C18H29N.C8H12/c1-8-9-19(7)13(3)11-15-12(2)10-16-17(14(15)4)18(16,5)6;1-4-7-8(5-2)6-3/h10,13H,8-9,11H2,1-7H3;4-5,7H,1-2,6H2,3H3/b;8-7+. The Hall–Kier alpha value is -1.60. The third-order valence-electron chi connectivity index (χ3n) is 6.00. The zero-order chi connectivity index (χ0) is 20.8. The van der Waals surface area contributed by atoms with E-state index in [0.29, 0.717) is 11.5 Å². The lowest BCUT2D eigenvalue weighted by atomic mass is 9.96. The van der Waals surface area contributed by atoms with Crippen molar-refractivity contribution >= 4 is 0 Å². The Kier molecular flexibility index (Phi) is 8.75. The summed E-state index contributed by atoms with van der Waals surface area (Å²) in [5.74, 6) is 0. The van der Waals surface area contributed by atoms with E-state index in [1.807, 2.05) is 12.2 Å². The Morgan fingerprint density at radius 2 is 1.85 bits per heavy atom. The Labute approximate surface area is 168 Å². The minimum atomic E-state index is 0.339. The molecule has 0 radical (unpaired) electrons. The topological polar surface area (TPSA) is 3.24 Å². The van der Waals surface area contributed by atoms with Crippen LogP contribution >= 0.6 is 0 Å². The van der Waals surface area contributed by atoms with Crippen LogP contribution in [0.15, 0.2) is 43.0 Å². The van der Waals surface area contributed by atoms with E-state index in [1.165, 1.54) is 30.5 Å². The van der Waals surface area contributed by atoms with Crippen molar-refractivity contribution in [3.05, 3.63) is 70.8 Å². The number of allylic oxidation sites excluding steroid dienone is 4. The number of nitrogens with zero attached hydrogens (tertiary/aromatic N) is 1. The molecule has 1 aromatic carbocycles. The van der Waals surface area contributed by atoms with Crippen LogP contribution in [0.5, 0.6) is 0 Å². The molecule has 0 N–H and O–H groups in total. The molecule has 0 fully saturated rings. The summed E-state index contributed by atoms with van der Waals surface area (Å²) in [5, 5.41) is 0. The van der Waals surface area contributed by atoms with Gasteiger partial charge in [0.15, 0.2) is 0 Å². The van der Waals surface area contributed by atoms with Gasteiger partial charge in [-0.3, -0.25) is 0 Å². The van der Waals surface area contributed by atoms with Crippen molar-refractivity contribution in [3.63, 3.8) is 0 Å². The van der Waals surface area contributed by atoms with E-state index in [9.17, 15) is 0 Å². The van der Waals surface area contributed by atoms with E-state index < -0.39 is 0 Å². The van der Waals surface area contributed by atoms with Gasteiger partial charge in [0.25, 0.3) is 0 Å². The summed E-state index contributed by atoms with van der Waals surface area (Å²) in [7, 11) is 2.25. The minimum absolute atomic E-state index is 0.339. The predicted molar refractivity (Wildman–Crippen MR) is 123 cm³/mol. The lowest BCUT2D eigenvalue weighted by molar-refractivity contribution is 0.256. The summed E-state index contributed by atoms with van der Waals surface area (Å²) >= 11 is 0. The molecular weight excluding hydrogens is 326 g/mol. The van der Waals surface area contributed by atoms with Gasteiger partial charge in [0.2, 0.25) is 0 Å². The van der Waals surface area contributed by atoms with Crippen LogP contribution in [0.25, 0.3) is 0 Å². The van der Waals surface area contributed by atoms with Crippen LogP contribution in [-0.4, -0.2) is 24.5 Å². The molecule has 1 aliphatic rings. The third kappa shape index (κ3) is 5.69. The van der Waals surface area contributed by atoms with Gasteiger partial charge in [-0.15, -0.1) is 0 Å². The number of fused-ring (bicyclic) bond motifs is 1. The highest BCUT2D eigenvalue weighted by atomic mass is 15.1. The van der Waals surface area contributed by atoms with Crippen molar-refractivity contribution in [2.24, 2.45) is 0 Å². The second-order valence-electron chi connectivity index (χ2n) is 8.41. The van der Waals surface area contributed by atoms with Crippen LogP contribution < -0.4 is 0 Å². The molecule has 0 saturated heterocycles. The number of aryl methyl sites for hydroxylation is 1. The van der Waals surface area contributed by atoms with E-state index in [1.54, 1.807) is 28.3 Å². The van der Waals surface area contributed by atoms with Gasteiger partial charge in [-0.25, -0.2) is 0 Å². The SMILES string of the molecule is C=C/C=C(\C=C)CC.CCCN(C)C(C)Cc1c(C)cc2c(c1C)C2(C)C. The summed E-state index contributed by atoms with van der Waals surface area (Å²) in [6, 6.07) is 3.04. The first-order valence-corrected chi connectivity index (χ1v) is 10.4. The van der Waals surface area contributed by atoms with Gasteiger partial charge < -0.3 is 4.90 Å². The van der Waals surface area contributed by atoms with E-state index in [-0.39, 0.29) is 0 Å². The molecule has 1 aliphatic carbocycles. The molecule has 150 valence electrons. The molecule has 0 amide bonds. The first kappa shape index (κ1) is 23.4. The first-order valence-electron chi connectivity index (χ1n) is 10.4. The highest BCUT2D eigenvalue weighted by molar-refractivity contribution is 5.65. The Bertz CT molecular complexity index is 691. The second-order valence-corrected chi connectivity index (χ2v) is 8.41. The molecule has 1 nitrogen and oxygen atoms in total. The maximum atomic E-state index is 3.63. The molecule has 0 saturated carbocycles. The molecule has 0 aliphatic heterocycles. The van der Waals surface area contributed by atoms with Crippen LogP contribution in [0, 0.1) is 13.8 Å². The molecule has 2 rings (SSSR count). The van der Waals surface area contributed by atoms with Gasteiger partial charge in [-0.2, -0.15) is 0 Å². The average Bonchev–Trinajstić information content (AvgIpc) is 3.17. The van der Waals surface area contributed by atoms with Crippen molar-refractivity contribution in [2.75, 3.05) is 13.6 Å². The van der Waals surface area contributed by atoms with Gasteiger partial charge in [-0.1, -0.05) is 65.1 Å². The number of hydrogen-bond donors (Lipinski definition) is 0. The van der Waals surface area contributed by atoms with Crippen molar-refractivity contribution in [3.8, 4) is 0 Å². The smallest absolute Gasteiger partial charge is 0.0155 e. The highest BCUT2D eigenvalue weighted by Crippen LogP contribution is 2.52. The predicted octanol–water partition coefficient (Wildman–Crippen LogP) is 6.91. The lowest BCUT2D eigenvalue weighted by Crippen LogP contribution is -2.31. The molecule has 0 heterocycles. The maximum Gasteiger partial charge on any atom is 0.0155 e. The second kappa shape index (κ2) is 10.1. The fourth-order valence-electron chi connectivity index (χ4n) is 3.99. The van der Waals surface area contributed by atoms with E-state index in [0.717, 1.165) is 6.42 Å². The summed E-state index contributed by atoms with van der Waals surface area (Å²) in [5.41, 5.74) is 9.38. The molecule has 1 atom stereocenters. The van der Waals surface area contributed by atoms with Crippen molar-refractivity contribution < 1.29 is 0 Å². The van der Waals surface area contributed by atoms with Crippen molar-refractivity contribution in [1.29, 1.82) is 0 Å². The Morgan fingerprint density at radius 1 is 1.22 bits per heavy atom. The fourth-order valence-corrected chi connectivity index (χ4v) is 3.99. The van der Waals surface area contributed by atoms with Crippen molar-refractivity contribution in [2.45, 2.75) is 79.2 Å². The van der Waals surface area contributed by atoms with Crippen LogP contribution in [0.4, 0.5) is 0 Å². The van der Waals surface area contributed by atoms with E-state index in [4.69, 9.17) is 0 Å². The number of hydrogen-bond acceptors (Lipinski definition) is 1. The quantitative estimate of drug-likeness (QED) is 0.451. The van der Waals surface area contributed by atoms with Gasteiger partial charge in [-0.05, 0) is 87.0 Å². The molecule has 27 heavy (non-hydrogen) atoms. The van der Waals surface area contributed by atoms with Gasteiger partial charge in [0, 0.05) is 11.5 Å². The molecule has 0 spiro atoms.